The van der Waals surface area contributed by atoms with E-state index in [-0.39, 0.29) is 10.6 Å². The third kappa shape index (κ3) is 2.41. The summed E-state index contributed by atoms with van der Waals surface area (Å²) in [5, 5.41) is 0.0183. The summed E-state index contributed by atoms with van der Waals surface area (Å²) in [5.41, 5.74) is 0. The quantitative estimate of drug-likeness (QED) is 0.607. The Morgan fingerprint density at radius 1 is 0.667 bits per heavy atom. The molecule has 0 N–H and O–H groups in total. The summed E-state index contributed by atoms with van der Waals surface area (Å²) < 4.78 is 63.3. The zero-order chi connectivity index (χ0) is 13.3. The Hall–Kier alpha value is -1.74. The molecule has 1 radical (unpaired) electrons. The normalized spacial score (nSPS) is 10.4. The fraction of sp³-hybridized carbons (Fsp3) is 0. The Morgan fingerprint density at radius 3 is 1.39 bits per heavy atom. The maximum absolute atomic E-state index is 13.0. The first-order valence-corrected chi connectivity index (χ1v) is 6.12. The predicted molar refractivity (Wildman–Crippen MR) is 59.6 cm³/mol. The van der Waals surface area contributed by atoms with E-state index in [1.807, 2.05) is 0 Å². The van der Waals surface area contributed by atoms with Gasteiger partial charge < -0.3 is 0 Å². The van der Waals surface area contributed by atoms with Crippen molar-refractivity contribution in [2.24, 2.45) is 0 Å². The lowest BCUT2D eigenvalue weighted by atomic mass is 10.3. The van der Waals surface area contributed by atoms with Gasteiger partial charge >= 0.3 is 0 Å². The molecule has 0 heterocycles. The van der Waals surface area contributed by atoms with Crippen LogP contribution < -0.4 is 10.6 Å². The first kappa shape index (κ1) is 12.7. The molecule has 0 amide bonds. The van der Waals surface area contributed by atoms with E-state index in [2.05, 4.69) is 0 Å². The van der Waals surface area contributed by atoms with Crippen molar-refractivity contribution in [2.75, 3.05) is 0 Å². The van der Waals surface area contributed by atoms with E-state index in [9.17, 15) is 22.1 Å². The highest BCUT2D eigenvalue weighted by Gasteiger charge is 2.13. The molecule has 6 heteroatoms. The average Bonchev–Trinajstić information content (AvgIpc) is 2.35. The van der Waals surface area contributed by atoms with Crippen LogP contribution in [0.25, 0.3) is 0 Å². The summed E-state index contributed by atoms with van der Waals surface area (Å²) in [4.78, 5) is 0. The lowest BCUT2D eigenvalue weighted by molar-refractivity contribution is 0.509. The van der Waals surface area contributed by atoms with E-state index in [1.165, 1.54) is 0 Å². The van der Waals surface area contributed by atoms with Crippen LogP contribution in [-0.4, -0.2) is 0 Å². The van der Waals surface area contributed by atoms with Crippen LogP contribution in [0.1, 0.15) is 0 Å². The van der Waals surface area contributed by atoms with Gasteiger partial charge in [-0.3, -0.25) is 4.57 Å². The van der Waals surface area contributed by atoms with E-state index < -0.39 is 31.1 Å². The largest absolute Gasteiger partial charge is 0.277 e. The van der Waals surface area contributed by atoms with Gasteiger partial charge in [-0.2, -0.15) is 0 Å². The van der Waals surface area contributed by atoms with Crippen LogP contribution in [0.4, 0.5) is 17.6 Å². The lowest BCUT2D eigenvalue weighted by Gasteiger charge is -2.03. The van der Waals surface area contributed by atoms with Gasteiger partial charge in [0.2, 0.25) is 0 Å². The molecule has 18 heavy (non-hydrogen) atoms. The molecule has 0 saturated carbocycles. The van der Waals surface area contributed by atoms with Gasteiger partial charge in [-0.25, -0.2) is 17.6 Å². The molecule has 0 saturated heterocycles. The second-order valence-electron chi connectivity index (χ2n) is 3.49. The highest BCUT2D eigenvalue weighted by Crippen LogP contribution is 2.21. The van der Waals surface area contributed by atoms with E-state index in [1.54, 1.807) is 0 Å². The van der Waals surface area contributed by atoms with Crippen molar-refractivity contribution in [1.82, 2.24) is 0 Å². The molecule has 0 spiro atoms. The van der Waals surface area contributed by atoms with Crippen molar-refractivity contribution < 1.29 is 22.1 Å². The Labute approximate surface area is 101 Å². The molecule has 0 aliphatic carbocycles. The van der Waals surface area contributed by atoms with Gasteiger partial charge in [0.25, 0.3) is 0 Å². The minimum absolute atomic E-state index is 0.00917. The fourth-order valence-electron chi connectivity index (χ4n) is 1.37. The third-order valence-corrected chi connectivity index (χ3v) is 3.77. The van der Waals surface area contributed by atoms with Gasteiger partial charge in [-0.05, 0) is 36.4 Å². The average molecular weight is 273 g/mol. The summed E-state index contributed by atoms with van der Waals surface area (Å²) in [5.74, 6) is -4.41. The molecule has 2 rings (SSSR count). The van der Waals surface area contributed by atoms with Crippen LogP contribution in [0, 0.1) is 23.3 Å². The second-order valence-corrected chi connectivity index (χ2v) is 5.11. The van der Waals surface area contributed by atoms with Crippen molar-refractivity contribution >= 4 is 18.4 Å². The zero-order valence-electron chi connectivity index (χ0n) is 8.83. The van der Waals surface area contributed by atoms with Crippen LogP contribution in [0.5, 0.6) is 0 Å². The topological polar surface area (TPSA) is 17.1 Å². The maximum atomic E-state index is 13.0. The van der Waals surface area contributed by atoms with Crippen molar-refractivity contribution in [3.63, 3.8) is 0 Å². The Balaban J connectivity index is 2.41. The van der Waals surface area contributed by atoms with Gasteiger partial charge in [0, 0.05) is 10.6 Å². The fourth-order valence-corrected chi connectivity index (χ4v) is 2.55. The zero-order valence-corrected chi connectivity index (χ0v) is 9.73. The molecular formula is C12H6F4OP. The third-order valence-electron chi connectivity index (χ3n) is 2.28. The van der Waals surface area contributed by atoms with E-state index >= 15 is 0 Å². The highest BCUT2D eigenvalue weighted by atomic mass is 31.1. The number of benzene rings is 2. The van der Waals surface area contributed by atoms with Crippen LogP contribution in [0.2, 0.25) is 0 Å². The summed E-state index contributed by atoms with van der Waals surface area (Å²) in [6, 6.07) is 5.48. The molecule has 0 aromatic heterocycles. The summed E-state index contributed by atoms with van der Waals surface area (Å²) in [6.45, 7) is 0. The first-order chi connectivity index (χ1) is 8.49. The molecule has 93 valence electrons. The van der Waals surface area contributed by atoms with Crippen molar-refractivity contribution in [3.05, 3.63) is 59.7 Å². The van der Waals surface area contributed by atoms with E-state index in [0.717, 1.165) is 36.4 Å². The molecule has 2 aromatic carbocycles. The molecule has 2 aromatic rings. The van der Waals surface area contributed by atoms with E-state index in [0.29, 0.717) is 0 Å². The van der Waals surface area contributed by atoms with Crippen molar-refractivity contribution in [1.29, 1.82) is 0 Å². The number of hydrogen-bond acceptors (Lipinski definition) is 1. The van der Waals surface area contributed by atoms with Crippen LogP contribution in [-0.2, 0) is 4.57 Å². The van der Waals surface area contributed by atoms with Crippen LogP contribution in [0.15, 0.2) is 36.4 Å². The summed E-state index contributed by atoms with van der Waals surface area (Å²) in [6.07, 6.45) is 0. The molecule has 1 nitrogen and oxygen atoms in total. The van der Waals surface area contributed by atoms with Crippen molar-refractivity contribution in [2.45, 2.75) is 0 Å². The Bertz CT molecular complexity index is 574. The second kappa shape index (κ2) is 4.86. The van der Waals surface area contributed by atoms with Gasteiger partial charge in [0.05, 0.1) is 0 Å². The van der Waals surface area contributed by atoms with Gasteiger partial charge in [-0.15, -0.1) is 0 Å². The molecule has 0 aliphatic rings. The maximum Gasteiger partial charge on any atom is 0.159 e. The monoisotopic (exact) mass is 273 g/mol. The van der Waals surface area contributed by atoms with Gasteiger partial charge in [0.15, 0.2) is 23.3 Å². The predicted octanol–water partition coefficient (Wildman–Crippen LogP) is 3.02. The highest BCUT2D eigenvalue weighted by molar-refractivity contribution is 7.61. The van der Waals surface area contributed by atoms with Crippen LogP contribution >= 0.6 is 7.80 Å². The summed E-state index contributed by atoms with van der Waals surface area (Å²) >= 11 is 0. The minimum Gasteiger partial charge on any atom is -0.277 e. The molecule has 0 unspecified atom stereocenters. The minimum atomic E-state index is -2.29. The SMILES string of the molecule is O=[P](c1ccc(F)c(F)c1)c1ccc(F)c(F)c1. The lowest BCUT2D eigenvalue weighted by Crippen LogP contribution is -2.09. The van der Waals surface area contributed by atoms with Gasteiger partial charge in [0.1, 0.15) is 7.80 Å². The standard InChI is InChI=1S/C12H6F4OP/c13-9-3-1-7(5-11(9)15)18(17)8-2-4-10(14)12(16)6-8/h1-6H. The molecule has 0 fully saturated rings. The van der Waals surface area contributed by atoms with E-state index in [4.69, 9.17) is 0 Å². The Kier molecular flexibility index (Phi) is 3.43. The smallest absolute Gasteiger partial charge is 0.159 e. The number of halogens is 4. The number of hydrogen-bond donors (Lipinski definition) is 0. The molecule has 0 bridgehead atoms. The summed E-state index contributed by atoms with van der Waals surface area (Å²) in [7, 11) is -2.29. The van der Waals surface area contributed by atoms with Crippen LogP contribution in [0.3, 0.4) is 0 Å². The molecular weight excluding hydrogens is 267 g/mol. The first-order valence-electron chi connectivity index (χ1n) is 4.86. The van der Waals surface area contributed by atoms with Gasteiger partial charge in [-0.1, -0.05) is 0 Å². The number of rotatable bonds is 2. The Morgan fingerprint density at radius 2 is 1.06 bits per heavy atom. The molecule has 0 atom stereocenters. The molecule has 0 aliphatic heterocycles. The van der Waals surface area contributed by atoms with Crippen molar-refractivity contribution in [3.8, 4) is 0 Å².